The van der Waals surface area contributed by atoms with Crippen LogP contribution in [0.5, 0.6) is 0 Å². The minimum atomic E-state index is -2.49. The number of oxime groups is 1. The van der Waals surface area contributed by atoms with Crippen LogP contribution in [0.4, 0.5) is 0 Å². The van der Waals surface area contributed by atoms with Crippen LogP contribution in [-0.2, 0) is 16.0 Å². The third kappa shape index (κ3) is 7.20. The predicted molar refractivity (Wildman–Crippen MR) is 67.6 cm³/mol. The van der Waals surface area contributed by atoms with Crippen LogP contribution in [0.1, 0.15) is 12.5 Å². The fraction of sp³-hybridized carbons (Fsp3) is 0.300. The van der Waals surface area contributed by atoms with Crippen LogP contribution < -0.4 is 0 Å². The van der Waals surface area contributed by atoms with Crippen LogP contribution >= 0.6 is 8.03 Å². The van der Waals surface area contributed by atoms with Crippen LogP contribution in [-0.4, -0.2) is 46.3 Å². The first-order valence-electron chi connectivity index (χ1n) is 4.59. The molecule has 0 aromatic heterocycles. The summed E-state index contributed by atoms with van der Waals surface area (Å²) in [5, 5.41) is 3.74. The second kappa shape index (κ2) is 8.97. The van der Waals surface area contributed by atoms with E-state index in [1.807, 2.05) is 30.3 Å². The van der Waals surface area contributed by atoms with E-state index in [0.717, 1.165) is 5.56 Å². The predicted octanol–water partition coefficient (Wildman–Crippen LogP) is 1.40. The van der Waals surface area contributed by atoms with E-state index in [1.54, 1.807) is 6.92 Å². The monoisotopic (exact) mass is 251 g/mol. The second-order valence-electron chi connectivity index (χ2n) is 3.16. The molecule has 1 atom stereocenters. The minimum absolute atomic E-state index is 0. The molecule has 0 fully saturated rings. The topological polar surface area (TPSA) is 58.9 Å². The third-order valence-corrected chi connectivity index (χ3v) is 2.52. The van der Waals surface area contributed by atoms with E-state index in [4.69, 9.17) is 9.73 Å². The molecule has 0 saturated heterocycles. The van der Waals surface area contributed by atoms with Gasteiger partial charge >= 0.3 is 29.6 Å². The van der Waals surface area contributed by atoms with E-state index in [9.17, 15) is 4.57 Å². The summed E-state index contributed by atoms with van der Waals surface area (Å²) in [6, 6.07) is 9.62. The Morgan fingerprint density at radius 3 is 2.62 bits per heavy atom. The van der Waals surface area contributed by atoms with Crippen LogP contribution in [0.3, 0.4) is 0 Å². The average molecular weight is 251 g/mol. The number of benzene rings is 1. The van der Waals surface area contributed by atoms with Gasteiger partial charge in [-0.2, -0.15) is 0 Å². The van der Waals surface area contributed by atoms with Crippen molar-refractivity contribution in [3.63, 3.8) is 0 Å². The Morgan fingerprint density at radius 2 is 2.06 bits per heavy atom. The maximum atomic E-state index is 10.5. The SMILES string of the molecule is CC(C[PH](=O)O)=NOCc1ccccc1.[NaH]. The van der Waals surface area contributed by atoms with Gasteiger partial charge in [-0.05, 0) is 12.5 Å². The molecule has 6 heteroatoms. The Balaban J connectivity index is 0.00000225. The first kappa shape index (κ1) is 15.9. The molecule has 0 saturated carbocycles. The van der Waals surface area contributed by atoms with E-state index >= 15 is 0 Å². The second-order valence-corrected chi connectivity index (χ2v) is 4.30. The Labute approximate surface area is 118 Å². The average Bonchev–Trinajstić information content (AvgIpc) is 2.18. The van der Waals surface area contributed by atoms with Crippen LogP contribution in [0.2, 0.25) is 0 Å². The zero-order valence-corrected chi connectivity index (χ0v) is 9.51. The molecule has 0 aliphatic rings. The van der Waals surface area contributed by atoms with Gasteiger partial charge in [-0.3, -0.25) is 4.57 Å². The molecular weight excluding hydrogens is 236 g/mol. The summed E-state index contributed by atoms with van der Waals surface area (Å²) in [7, 11) is -2.49. The van der Waals surface area contributed by atoms with Gasteiger partial charge in [0.1, 0.15) is 6.61 Å². The van der Waals surface area contributed by atoms with Gasteiger partial charge in [-0.25, -0.2) is 0 Å². The molecule has 4 nitrogen and oxygen atoms in total. The van der Waals surface area contributed by atoms with Crippen molar-refractivity contribution in [2.45, 2.75) is 13.5 Å². The van der Waals surface area contributed by atoms with E-state index in [1.165, 1.54) is 0 Å². The summed E-state index contributed by atoms with van der Waals surface area (Å²) in [4.78, 5) is 13.7. The summed E-state index contributed by atoms with van der Waals surface area (Å²) >= 11 is 0. The van der Waals surface area contributed by atoms with Gasteiger partial charge in [0.15, 0.2) is 8.03 Å². The van der Waals surface area contributed by atoms with E-state index in [-0.39, 0.29) is 35.7 Å². The van der Waals surface area contributed by atoms with Crippen molar-refractivity contribution < 1.29 is 14.3 Å². The fourth-order valence-electron chi connectivity index (χ4n) is 1.04. The van der Waals surface area contributed by atoms with Crippen molar-refractivity contribution in [1.29, 1.82) is 0 Å². The summed E-state index contributed by atoms with van der Waals surface area (Å²) in [5.41, 5.74) is 1.56. The van der Waals surface area contributed by atoms with Gasteiger partial charge in [0.05, 0.1) is 11.9 Å². The summed E-state index contributed by atoms with van der Waals surface area (Å²) in [6.45, 7) is 2.05. The van der Waals surface area contributed by atoms with Crippen molar-refractivity contribution in [2.75, 3.05) is 6.16 Å². The Kier molecular flexibility index (Phi) is 8.90. The van der Waals surface area contributed by atoms with Gasteiger partial charge in [-0.15, -0.1) is 0 Å². The van der Waals surface area contributed by atoms with E-state index < -0.39 is 8.03 Å². The number of hydrogen-bond acceptors (Lipinski definition) is 3. The van der Waals surface area contributed by atoms with Crippen LogP contribution in [0.25, 0.3) is 0 Å². The summed E-state index contributed by atoms with van der Waals surface area (Å²) in [5.74, 6) is 0. The molecule has 0 spiro atoms. The molecule has 1 N–H and O–H groups in total. The van der Waals surface area contributed by atoms with Gasteiger partial charge in [0.25, 0.3) is 0 Å². The molecule has 1 aromatic rings. The molecule has 0 heterocycles. The van der Waals surface area contributed by atoms with Crippen molar-refractivity contribution in [1.82, 2.24) is 0 Å². The van der Waals surface area contributed by atoms with Gasteiger partial charge < -0.3 is 9.73 Å². The Bertz CT molecular complexity index is 356. The number of rotatable bonds is 5. The molecule has 0 bridgehead atoms. The molecular formula is C10H15NNaO3P. The molecule has 0 amide bonds. The van der Waals surface area contributed by atoms with Crippen molar-refractivity contribution in [3.05, 3.63) is 35.9 Å². The molecule has 0 aliphatic carbocycles. The fourth-order valence-corrected chi connectivity index (χ4v) is 1.54. The van der Waals surface area contributed by atoms with Gasteiger partial charge in [0.2, 0.25) is 0 Å². The molecule has 16 heavy (non-hydrogen) atoms. The molecule has 1 aromatic carbocycles. The first-order chi connectivity index (χ1) is 7.18. The molecule has 1 rings (SSSR count). The standard InChI is InChI=1S/C10H14NO3P.Na.H/c1-9(8-15(12)13)11-14-7-10-5-3-2-4-6-10;;/h2-6,15H,7-8H2,1H3,(H,12,13);;. The number of nitrogens with zero attached hydrogens (tertiary/aromatic N) is 1. The maximum absolute atomic E-state index is 10.5. The van der Waals surface area contributed by atoms with Gasteiger partial charge in [-0.1, -0.05) is 35.5 Å². The Morgan fingerprint density at radius 1 is 1.44 bits per heavy atom. The third-order valence-electron chi connectivity index (χ3n) is 1.70. The number of hydrogen-bond donors (Lipinski definition) is 1. The Hall–Kier alpha value is -0.120. The molecule has 0 radical (unpaired) electrons. The zero-order chi connectivity index (χ0) is 11.1. The zero-order valence-electron chi connectivity index (χ0n) is 8.51. The first-order valence-corrected chi connectivity index (χ1v) is 6.16. The normalized spacial score (nSPS) is 12.8. The summed E-state index contributed by atoms with van der Waals surface area (Å²) < 4.78 is 10.5. The van der Waals surface area contributed by atoms with Crippen LogP contribution in [0, 0.1) is 0 Å². The molecule has 84 valence electrons. The van der Waals surface area contributed by atoms with Crippen LogP contribution in [0.15, 0.2) is 35.5 Å². The molecule has 1 unspecified atom stereocenters. The van der Waals surface area contributed by atoms with E-state index in [2.05, 4.69) is 5.16 Å². The van der Waals surface area contributed by atoms with Crippen molar-refractivity contribution >= 4 is 43.3 Å². The summed E-state index contributed by atoms with van der Waals surface area (Å²) in [6.07, 6.45) is 0.0967. The van der Waals surface area contributed by atoms with Gasteiger partial charge in [0, 0.05) is 0 Å². The molecule has 0 aliphatic heterocycles. The quantitative estimate of drug-likeness (QED) is 0.372. The van der Waals surface area contributed by atoms with E-state index in [0.29, 0.717) is 12.3 Å². The van der Waals surface area contributed by atoms with Crippen molar-refractivity contribution in [2.24, 2.45) is 5.16 Å². The van der Waals surface area contributed by atoms with Crippen molar-refractivity contribution in [3.8, 4) is 0 Å².